The Hall–Kier alpha value is -0.830. The minimum atomic E-state index is -4.64. The van der Waals surface area contributed by atoms with E-state index in [0.717, 1.165) is 12.1 Å². The maximum Gasteiger partial charge on any atom is 0.416 e. The van der Waals surface area contributed by atoms with Crippen LogP contribution in [0.2, 0.25) is 5.02 Å². The lowest BCUT2D eigenvalue weighted by Crippen LogP contribution is -2.29. The fourth-order valence-corrected chi connectivity index (χ4v) is 2.96. The van der Waals surface area contributed by atoms with Crippen LogP contribution in [0.3, 0.4) is 0 Å². The quantitative estimate of drug-likeness (QED) is 0.870. The smallest absolute Gasteiger partial charge is 0.328 e. The summed E-state index contributed by atoms with van der Waals surface area (Å²) in [6.45, 7) is 1.71. The van der Waals surface area contributed by atoms with Gasteiger partial charge < -0.3 is 5.73 Å². The van der Waals surface area contributed by atoms with Gasteiger partial charge in [-0.2, -0.15) is 13.2 Å². The zero-order chi connectivity index (χ0) is 15.6. The van der Waals surface area contributed by atoms with Gasteiger partial charge in [0.05, 0.1) is 10.6 Å². The van der Waals surface area contributed by atoms with Crippen molar-refractivity contribution in [1.29, 1.82) is 0 Å². The van der Waals surface area contributed by atoms with Crippen LogP contribution < -0.4 is 10.5 Å². The van der Waals surface area contributed by atoms with E-state index in [9.17, 15) is 21.6 Å². The normalized spacial score (nSPS) is 14.3. The van der Waals surface area contributed by atoms with Crippen molar-refractivity contribution in [2.24, 2.45) is 5.73 Å². The van der Waals surface area contributed by atoms with Gasteiger partial charge >= 0.3 is 6.18 Å². The van der Waals surface area contributed by atoms with Crippen molar-refractivity contribution in [3.63, 3.8) is 0 Å². The number of sulfonamides is 1. The summed E-state index contributed by atoms with van der Waals surface area (Å²) >= 11 is 5.66. The molecule has 0 aliphatic carbocycles. The van der Waals surface area contributed by atoms with Gasteiger partial charge in [0, 0.05) is 12.6 Å². The molecule has 0 radical (unpaired) electrons. The first-order valence-electron chi connectivity index (χ1n) is 5.66. The Labute approximate surface area is 120 Å². The highest BCUT2D eigenvalue weighted by molar-refractivity contribution is 7.89. The van der Waals surface area contributed by atoms with Gasteiger partial charge in [-0.1, -0.05) is 11.6 Å². The molecule has 20 heavy (non-hydrogen) atoms. The van der Waals surface area contributed by atoms with E-state index in [0.29, 0.717) is 12.5 Å². The van der Waals surface area contributed by atoms with Crippen LogP contribution in [-0.4, -0.2) is 21.0 Å². The molecule has 1 unspecified atom stereocenters. The van der Waals surface area contributed by atoms with Crippen molar-refractivity contribution in [1.82, 2.24) is 4.72 Å². The molecule has 1 aromatic rings. The highest BCUT2D eigenvalue weighted by atomic mass is 35.5. The number of benzene rings is 1. The second-order valence-electron chi connectivity index (χ2n) is 4.31. The van der Waals surface area contributed by atoms with Gasteiger partial charge in [-0.15, -0.1) is 0 Å². The van der Waals surface area contributed by atoms with Crippen LogP contribution >= 0.6 is 11.6 Å². The zero-order valence-corrected chi connectivity index (χ0v) is 12.1. The summed E-state index contributed by atoms with van der Waals surface area (Å²) in [4.78, 5) is -0.598. The van der Waals surface area contributed by atoms with Gasteiger partial charge in [-0.3, -0.25) is 0 Å². The lowest BCUT2D eigenvalue weighted by atomic mass is 10.2. The molecule has 1 rings (SSSR count). The summed E-state index contributed by atoms with van der Waals surface area (Å²) in [5, 5.41) is -0.272. The maximum absolute atomic E-state index is 12.6. The fraction of sp³-hybridized carbons (Fsp3) is 0.455. The van der Waals surface area contributed by atoms with E-state index in [1.807, 2.05) is 0 Å². The molecule has 0 aliphatic heterocycles. The third kappa shape index (κ3) is 4.62. The first-order valence-corrected chi connectivity index (χ1v) is 7.52. The van der Waals surface area contributed by atoms with E-state index in [1.165, 1.54) is 0 Å². The van der Waals surface area contributed by atoms with E-state index >= 15 is 0 Å². The second kappa shape index (κ2) is 6.30. The Bertz CT molecular complexity index is 574. The number of hydrogen-bond acceptors (Lipinski definition) is 3. The molecule has 0 amide bonds. The van der Waals surface area contributed by atoms with Crippen molar-refractivity contribution < 1.29 is 21.6 Å². The first kappa shape index (κ1) is 17.2. The molecule has 3 N–H and O–H groups in total. The van der Waals surface area contributed by atoms with Crippen molar-refractivity contribution in [2.45, 2.75) is 30.5 Å². The van der Waals surface area contributed by atoms with Crippen molar-refractivity contribution in [3.8, 4) is 0 Å². The van der Waals surface area contributed by atoms with Gasteiger partial charge in [0.25, 0.3) is 0 Å². The Morgan fingerprint density at radius 3 is 2.50 bits per heavy atom. The summed E-state index contributed by atoms with van der Waals surface area (Å²) in [5.74, 6) is 0. The molecule has 114 valence electrons. The van der Waals surface area contributed by atoms with E-state index in [2.05, 4.69) is 4.72 Å². The molecule has 0 aromatic heterocycles. The molecule has 1 atom stereocenters. The number of rotatable bonds is 5. The Morgan fingerprint density at radius 2 is 2.00 bits per heavy atom. The highest BCUT2D eigenvalue weighted by Gasteiger charge is 2.32. The SMILES string of the molecule is CC(N)CCNS(=O)(=O)c1cc(C(F)(F)F)ccc1Cl. The van der Waals surface area contributed by atoms with Crippen LogP contribution in [0.1, 0.15) is 18.9 Å². The van der Waals surface area contributed by atoms with Crippen molar-refractivity contribution >= 4 is 21.6 Å². The Balaban J connectivity index is 3.05. The zero-order valence-electron chi connectivity index (χ0n) is 10.5. The van der Waals surface area contributed by atoms with Crippen LogP contribution in [0.15, 0.2) is 23.1 Å². The molecule has 0 fully saturated rings. The number of nitrogens with one attached hydrogen (secondary N) is 1. The minimum absolute atomic E-state index is 0.0204. The maximum atomic E-state index is 12.6. The lowest BCUT2D eigenvalue weighted by Gasteiger charge is -2.12. The molecule has 0 saturated heterocycles. The molecule has 9 heteroatoms. The van der Waals surface area contributed by atoms with Crippen LogP contribution in [0, 0.1) is 0 Å². The van der Waals surface area contributed by atoms with Crippen molar-refractivity contribution in [2.75, 3.05) is 6.54 Å². The Morgan fingerprint density at radius 1 is 1.40 bits per heavy atom. The van der Waals surface area contributed by atoms with Gasteiger partial charge in [0.1, 0.15) is 4.90 Å². The monoisotopic (exact) mass is 330 g/mol. The molecule has 0 heterocycles. The number of halogens is 4. The summed E-state index contributed by atoms with van der Waals surface area (Å²) in [7, 11) is -4.11. The predicted molar refractivity (Wildman–Crippen MR) is 69.9 cm³/mol. The third-order valence-electron chi connectivity index (χ3n) is 2.44. The molecule has 0 spiro atoms. The average Bonchev–Trinajstić information content (AvgIpc) is 2.26. The molecule has 0 saturated carbocycles. The molecule has 4 nitrogen and oxygen atoms in total. The number of hydrogen-bond donors (Lipinski definition) is 2. The van der Waals surface area contributed by atoms with Crippen LogP contribution in [0.5, 0.6) is 0 Å². The summed E-state index contributed by atoms with van der Waals surface area (Å²) in [6.07, 6.45) is -4.28. The Kier molecular flexibility index (Phi) is 5.42. The molecular weight excluding hydrogens is 317 g/mol. The van der Waals surface area contributed by atoms with E-state index < -0.39 is 26.7 Å². The summed E-state index contributed by atoms with van der Waals surface area (Å²) in [5.41, 5.74) is 4.39. The molecule has 0 aliphatic rings. The van der Waals surface area contributed by atoms with Gasteiger partial charge in [0.15, 0.2) is 0 Å². The average molecular weight is 331 g/mol. The minimum Gasteiger partial charge on any atom is -0.328 e. The van der Waals surface area contributed by atoms with Gasteiger partial charge in [-0.05, 0) is 31.5 Å². The fourth-order valence-electron chi connectivity index (χ4n) is 1.38. The second-order valence-corrected chi connectivity index (χ2v) is 6.45. The van der Waals surface area contributed by atoms with E-state index in [-0.39, 0.29) is 17.6 Å². The van der Waals surface area contributed by atoms with E-state index in [1.54, 1.807) is 6.92 Å². The van der Waals surface area contributed by atoms with Crippen LogP contribution in [0.25, 0.3) is 0 Å². The molecular formula is C11H14ClF3N2O2S. The summed E-state index contributed by atoms with van der Waals surface area (Å²) in [6, 6.07) is 1.92. The molecule has 1 aromatic carbocycles. The molecule has 0 bridgehead atoms. The topological polar surface area (TPSA) is 72.2 Å². The first-order chi connectivity index (χ1) is 9.04. The standard InChI is InChI=1S/C11H14ClF3N2O2S/c1-7(16)4-5-17-20(18,19)10-6-8(11(13,14)15)2-3-9(10)12/h2-3,6-7,17H,4-5,16H2,1H3. The van der Waals surface area contributed by atoms with Gasteiger partial charge in [0.2, 0.25) is 10.0 Å². The highest BCUT2D eigenvalue weighted by Crippen LogP contribution is 2.33. The van der Waals surface area contributed by atoms with E-state index in [4.69, 9.17) is 17.3 Å². The third-order valence-corrected chi connectivity index (χ3v) is 4.38. The largest absolute Gasteiger partial charge is 0.416 e. The lowest BCUT2D eigenvalue weighted by molar-refractivity contribution is -0.137. The van der Waals surface area contributed by atoms with Crippen LogP contribution in [0.4, 0.5) is 13.2 Å². The van der Waals surface area contributed by atoms with Crippen LogP contribution in [-0.2, 0) is 16.2 Å². The number of nitrogens with two attached hydrogens (primary N) is 1. The summed E-state index contributed by atoms with van der Waals surface area (Å²) < 4.78 is 63.7. The van der Waals surface area contributed by atoms with Gasteiger partial charge in [-0.25, -0.2) is 13.1 Å². The van der Waals surface area contributed by atoms with Crippen molar-refractivity contribution in [3.05, 3.63) is 28.8 Å². The number of alkyl halides is 3. The predicted octanol–water partition coefficient (Wildman–Crippen LogP) is 2.37.